The van der Waals surface area contributed by atoms with Gasteiger partial charge < -0.3 is 9.88 Å². The van der Waals surface area contributed by atoms with E-state index in [2.05, 4.69) is 36.5 Å². The van der Waals surface area contributed by atoms with Crippen molar-refractivity contribution in [2.24, 2.45) is 0 Å². The molecule has 1 aromatic carbocycles. The van der Waals surface area contributed by atoms with Crippen molar-refractivity contribution in [3.63, 3.8) is 0 Å². The van der Waals surface area contributed by atoms with Gasteiger partial charge in [-0.2, -0.15) is 0 Å². The van der Waals surface area contributed by atoms with E-state index >= 15 is 0 Å². The molecule has 0 saturated carbocycles. The minimum atomic E-state index is 0.0513. The molecule has 0 saturated heterocycles. The summed E-state index contributed by atoms with van der Waals surface area (Å²) >= 11 is 0. The molecule has 0 fully saturated rings. The molecule has 0 amide bonds. The highest BCUT2D eigenvalue weighted by Crippen LogP contribution is 2.15. The molecule has 106 valence electrons. The number of hydrogen-bond acceptors (Lipinski definition) is 2. The van der Waals surface area contributed by atoms with Gasteiger partial charge in [0, 0.05) is 18.8 Å². The van der Waals surface area contributed by atoms with E-state index in [1.165, 1.54) is 11.1 Å². The Morgan fingerprint density at radius 1 is 1.20 bits per heavy atom. The van der Waals surface area contributed by atoms with Crippen LogP contribution in [0.2, 0.25) is 0 Å². The maximum Gasteiger partial charge on any atom is 0.250 e. The van der Waals surface area contributed by atoms with E-state index in [0.717, 1.165) is 12.0 Å². The van der Waals surface area contributed by atoms with Gasteiger partial charge in [-0.25, -0.2) is 0 Å². The van der Waals surface area contributed by atoms with Gasteiger partial charge in [-0.1, -0.05) is 31.2 Å². The SMILES string of the molecule is CCc1ccc(C(Cn2ccc(C)cc2=O)NC)cc1. The number of nitrogens with zero attached hydrogens (tertiary/aromatic N) is 1. The predicted molar refractivity (Wildman–Crippen MR) is 83.1 cm³/mol. The molecule has 0 spiro atoms. The summed E-state index contributed by atoms with van der Waals surface area (Å²) in [6.45, 7) is 4.72. The van der Waals surface area contributed by atoms with Crippen LogP contribution in [0.3, 0.4) is 0 Å². The Balaban J connectivity index is 2.21. The van der Waals surface area contributed by atoms with Gasteiger partial charge in [-0.15, -0.1) is 0 Å². The van der Waals surface area contributed by atoms with Gasteiger partial charge in [0.25, 0.3) is 5.56 Å². The third-order valence-corrected chi connectivity index (χ3v) is 3.67. The van der Waals surface area contributed by atoms with Crippen LogP contribution in [0.1, 0.15) is 29.7 Å². The number of likely N-dealkylation sites (N-methyl/N-ethyl adjacent to an activating group) is 1. The monoisotopic (exact) mass is 270 g/mol. The summed E-state index contributed by atoms with van der Waals surface area (Å²) in [7, 11) is 1.93. The second-order valence-electron chi connectivity index (χ2n) is 5.13. The molecule has 3 nitrogen and oxygen atoms in total. The molecule has 0 radical (unpaired) electrons. The average molecular weight is 270 g/mol. The molecule has 2 rings (SSSR count). The molecule has 20 heavy (non-hydrogen) atoms. The zero-order chi connectivity index (χ0) is 14.5. The van der Waals surface area contributed by atoms with Gasteiger partial charge in [0.15, 0.2) is 0 Å². The summed E-state index contributed by atoms with van der Waals surface area (Å²) in [5.41, 5.74) is 3.59. The number of hydrogen-bond donors (Lipinski definition) is 1. The normalized spacial score (nSPS) is 12.3. The molecular weight excluding hydrogens is 248 g/mol. The standard InChI is InChI=1S/C17H22N2O/c1-4-14-5-7-15(8-6-14)16(18-3)12-19-10-9-13(2)11-17(19)20/h5-11,16,18H,4,12H2,1-3H3. The Kier molecular flexibility index (Phi) is 4.74. The first-order chi connectivity index (χ1) is 9.63. The quantitative estimate of drug-likeness (QED) is 0.906. The van der Waals surface area contributed by atoms with Crippen LogP contribution in [0.25, 0.3) is 0 Å². The van der Waals surface area contributed by atoms with Crippen LogP contribution >= 0.6 is 0 Å². The summed E-state index contributed by atoms with van der Waals surface area (Å²) < 4.78 is 1.75. The van der Waals surface area contributed by atoms with Crippen molar-refractivity contribution in [2.75, 3.05) is 7.05 Å². The summed E-state index contributed by atoms with van der Waals surface area (Å²) in [4.78, 5) is 12.0. The predicted octanol–water partition coefficient (Wildman–Crippen LogP) is 2.68. The molecule has 1 heterocycles. The fourth-order valence-corrected chi connectivity index (χ4v) is 2.30. The summed E-state index contributed by atoms with van der Waals surface area (Å²) in [5.74, 6) is 0. The maximum atomic E-state index is 12.0. The Hall–Kier alpha value is -1.87. The van der Waals surface area contributed by atoms with E-state index in [1.54, 1.807) is 10.6 Å². The van der Waals surface area contributed by atoms with E-state index in [9.17, 15) is 4.79 Å². The second-order valence-corrected chi connectivity index (χ2v) is 5.13. The molecule has 1 atom stereocenters. The Bertz CT molecular complexity index is 614. The third-order valence-electron chi connectivity index (χ3n) is 3.67. The van der Waals surface area contributed by atoms with Crippen LogP contribution in [0.15, 0.2) is 47.4 Å². The summed E-state index contributed by atoms with van der Waals surface area (Å²) in [6.07, 6.45) is 2.91. The highest BCUT2D eigenvalue weighted by molar-refractivity contribution is 5.25. The van der Waals surface area contributed by atoms with E-state index in [4.69, 9.17) is 0 Å². The van der Waals surface area contributed by atoms with Gasteiger partial charge in [0.05, 0.1) is 6.04 Å². The van der Waals surface area contributed by atoms with Crippen LogP contribution in [0, 0.1) is 6.92 Å². The zero-order valence-electron chi connectivity index (χ0n) is 12.4. The lowest BCUT2D eigenvalue weighted by atomic mass is 10.0. The first-order valence-electron chi connectivity index (χ1n) is 7.07. The highest BCUT2D eigenvalue weighted by Gasteiger charge is 2.10. The van der Waals surface area contributed by atoms with Crippen LogP contribution in [0.4, 0.5) is 0 Å². The number of aryl methyl sites for hydroxylation is 2. The molecule has 1 N–H and O–H groups in total. The lowest BCUT2D eigenvalue weighted by molar-refractivity contribution is 0.490. The Labute approximate surface area is 120 Å². The van der Waals surface area contributed by atoms with Crippen LogP contribution in [-0.4, -0.2) is 11.6 Å². The van der Waals surface area contributed by atoms with Crippen LogP contribution < -0.4 is 10.9 Å². The number of rotatable bonds is 5. The molecule has 1 unspecified atom stereocenters. The zero-order valence-corrected chi connectivity index (χ0v) is 12.4. The third kappa shape index (κ3) is 3.36. The number of nitrogens with one attached hydrogen (secondary N) is 1. The van der Waals surface area contributed by atoms with E-state index in [0.29, 0.717) is 6.54 Å². The van der Waals surface area contributed by atoms with Gasteiger partial charge in [-0.05, 0) is 43.1 Å². The van der Waals surface area contributed by atoms with Crippen molar-refractivity contribution in [2.45, 2.75) is 32.9 Å². The molecule has 1 aromatic heterocycles. The van der Waals surface area contributed by atoms with Crippen molar-refractivity contribution >= 4 is 0 Å². The Morgan fingerprint density at radius 3 is 2.45 bits per heavy atom. The van der Waals surface area contributed by atoms with Crippen molar-refractivity contribution in [3.05, 3.63) is 69.6 Å². The average Bonchev–Trinajstić information content (AvgIpc) is 2.47. The van der Waals surface area contributed by atoms with Crippen LogP contribution in [-0.2, 0) is 13.0 Å². The van der Waals surface area contributed by atoms with E-state index in [-0.39, 0.29) is 11.6 Å². The molecule has 0 bridgehead atoms. The van der Waals surface area contributed by atoms with Crippen molar-refractivity contribution in [1.82, 2.24) is 9.88 Å². The second kappa shape index (κ2) is 6.53. The molecule has 2 aromatic rings. The highest BCUT2D eigenvalue weighted by atomic mass is 16.1. The van der Waals surface area contributed by atoms with Gasteiger partial charge in [0.1, 0.15) is 0 Å². The van der Waals surface area contributed by atoms with Crippen LogP contribution in [0.5, 0.6) is 0 Å². The number of pyridine rings is 1. The topological polar surface area (TPSA) is 34.0 Å². The van der Waals surface area contributed by atoms with E-state index in [1.807, 2.05) is 26.2 Å². The summed E-state index contributed by atoms with van der Waals surface area (Å²) in [6, 6.07) is 12.4. The number of benzene rings is 1. The molecule has 0 aliphatic rings. The van der Waals surface area contributed by atoms with Gasteiger partial charge in [-0.3, -0.25) is 4.79 Å². The fourth-order valence-electron chi connectivity index (χ4n) is 2.30. The van der Waals surface area contributed by atoms with Gasteiger partial charge in [0.2, 0.25) is 0 Å². The largest absolute Gasteiger partial charge is 0.314 e. The lowest BCUT2D eigenvalue weighted by Gasteiger charge is -2.18. The fraction of sp³-hybridized carbons (Fsp3) is 0.353. The lowest BCUT2D eigenvalue weighted by Crippen LogP contribution is -2.28. The number of aromatic nitrogens is 1. The van der Waals surface area contributed by atoms with Gasteiger partial charge >= 0.3 is 0 Å². The Morgan fingerprint density at radius 2 is 1.90 bits per heavy atom. The first kappa shape index (κ1) is 14.5. The van der Waals surface area contributed by atoms with E-state index < -0.39 is 0 Å². The smallest absolute Gasteiger partial charge is 0.250 e. The minimum Gasteiger partial charge on any atom is -0.314 e. The molecule has 3 heteroatoms. The first-order valence-corrected chi connectivity index (χ1v) is 7.07. The molecule has 0 aliphatic carbocycles. The summed E-state index contributed by atoms with van der Waals surface area (Å²) in [5, 5.41) is 3.29. The minimum absolute atomic E-state index is 0.0513. The van der Waals surface area contributed by atoms with Crippen molar-refractivity contribution < 1.29 is 0 Å². The van der Waals surface area contributed by atoms with Crippen molar-refractivity contribution in [1.29, 1.82) is 0 Å². The maximum absolute atomic E-state index is 12.0. The molecular formula is C17H22N2O. The van der Waals surface area contributed by atoms with Crippen molar-refractivity contribution in [3.8, 4) is 0 Å². The molecule has 0 aliphatic heterocycles.